The molecular formula is C16H22N2O2S2. The molecule has 2 aromatic rings. The largest absolute Gasteiger partial charge is 0.319 e. The molecular weight excluding hydrogens is 316 g/mol. The highest BCUT2D eigenvalue weighted by molar-refractivity contribution is 7.89. The number of thiophene rings is 1. The summed E-state index contributed by atoms with van der Waals surface area (Å²) in [5.41, 5.74) is 0. The molecule has 0 bridgehead atoms. The number of nitrogens with zero attached hydrogens (tertiary/aromatic N) is 1. The minimum Gasteiger partial charge on any atom is -0.319 e. The molecule has 0 saturated carbocycles. The monoisotopic (exact) mass is 338 g/mol. The SMILES string of the molecule is CNC[C@@H]1CCCN(S(=O)(=O)c2c(C)sc3ccccc23)C1. The number of fused-ring (bicyclic) bond motifs is 1. The van der Waals surface area contributed by atoms with Gasteiger partial charge in [0.2, 0.25) is 10.0 Å². The van der Waals surface area contributed by atoms with E-state index in [-0.39, 0.29) is 0 Å². The van der Waals surface area contributed by atoms with Crippen LogP contribution >= 0.6 is 11.3 Å². The van der Waals surface area contributed by atoms with Gasteiger partial charge in [-0.3, -0.25) is 0 Å². The third kappa shape index (κ3) is 2.80. The Morgan fingerprint density at radius 1 is 1.36 bits per heavy atom. The zero-order valence-corrected chi connectivity index (χ0v) is 14.6. The van der Waals surface area contributed by atoms with Crippen molar-refractivity contribution >= 4 is 31.4 Å². The average molecular weight is 338 g/mol. The minimum absolute atomic E-state index is 0.402. The van der Waals surface area contributed by atoms with Gasteiger partial charge in [0.25, 0.3) is 0 Å². The molecule has 0 spiro atoms. The van der Waals surface area contributed by atoms with Crippen molar-refractivity contribution in [3.8, 4) is 0 Å². The van der Waals surface area contributed by atoms with Gasteiger partial charge < -0.3 is 5.32 Å². The molecule has 6 heteroatoms. The van der Waals surface area contributed by atoms with Gasteiger partial charge in [-0.05, 0) is 45.3 Å². The van der Waals surface area contributed by atoms with Crippen LogP contribution in [0.3, 0.4) is 0 Å². The fourth-order valence-corrected chi connectivity index (χ4v) is 6.61. The zero-order chi connectivity index (χ0) is 15.7. The highest BCUT2D eigenvalue weighted by Gasteiger charge is 2.33. The normalized spacial score (nSPS) is 20.5. The first kappa shape index (κ1) is 15.9. The molecule has 1 aromatic carbocycles. The van der Waals surface area contributed by atoms with E-state index in [2.05, 4.69) is 5.32 Å². The van der Waals surface area contributed by atoms with Gasteiger partial charge in [-0.2, -0.15) is 4.31 Å². The van der Waals surface area contributed by atoms with Crippen molar-refractivity contribution in [2.75, 3.05) is 26.7 Å². The highest BCUT2D eigenvalue weighted by Crippen LogP contribution is 2.36. The Bertz CT molecular complexity index is 766. The summed E-state index contributed by atoms with van der Waals surface area (Å²) < 4.78 is 29.0. The van der Waals surface area contributed by atoms with Crippen LogP contribution in [0.5, 0.6) is 0 Å². The van der Waals surface area contributed by atoms with E-state index < -0.39 is 10.0 Å². The van der Waals surface area contributed by atoms with E-state index in [9.17, 15) is 8.42 Å². The predicted octanol–water partition coefficient (Wildman–Crippen LogP) is 2.83. The number of nitrogens with one attached hydrogen (secondary N) is 1. The molecule has 1 aromatic heterocycles. The van der Waals surface area contributed by atoms with Crippen molar-refractivity contribution in [2.24, 2.45) is 5.92 Å². The Kier molecular flexibility index (Phi) is 4.54. The van der Waals surface area contributed by atoms with Gasteiger partial charge in [0.15, 0.2) is 0 Å². The van der Waals surface area contributed by atoms with Crippen LogP contribution in [0.2, 0.25) is 0 Å². The molecule has 1 aliphatic heterocycles. The Labute approximate surface area is 136 Å². The molecule has 4 nitrogen and oxygen atoms in total. The molecule has 22 heavy (non-hydrogen) atoms. The Hall–Kier alpha value is -0.950. The van der Waals surface area contributed by atoms with Crippen LogP contribution in [0.15, 0.2) is 29.2 Å². The van der Waals surface area contributed by atoms with Crippen LogP contribution < -0.4 is 5.32 Å². The second-order valence-electron chi connectivity index (χ2n) is 5.91. The maximum atomic E-state index is 13.1. The maximum Gasteiger partial charge on any atom is 0.244 e. The van der Waals surface area contributed by atoms with Crippen molar-refractivity contribution in [1.82, 2.24) is 9.62 Å². The van der Waals surface area contributed by atoms with Gasteiger partial charge in [0, 0.05) is 28.1 Å². The van der Waals surface area contributed by atoms with E-state index in [1.54, 1.807) is 15.6 Å². The summed E-state index contributed by atoms with van der Waals surface area (Å²) in [6.07, 6.45) is 2.03. The van der Waals surface area contributed by atoms with Gasteiger partial charge in [-0.25, -0.2) is 8.42 Å². The van der Waals surface area contributed by atoms with Crippen LogP contribution in [-0.4, -0.2) is 39.4 Å². The Balaban J connectivity index is 1.99. The number of sulfonamides is 1. The third-order valence-corrected chi connectivity index (χ3v) is 7.56. The minimum atomic E-state index is -3.41. The Morgan fingerprint density at radius 3 is 2.91 bits per heavy atom. The van der Waals surface area contributed by atoms with Crippen LogP contribution in [-0.2, 0) is 10.0 Å². The molecule has 2 heterocycles. The van der Waals surface area contributed by atoms with Gasteiger partial charge in [0.05, 0.1) is 0 Å². The molecule has 1 aliphatic rings. The second kappa shape index (κ2) is 6.28. The lowest BCUT2D eigenvalue weighted by Crippen LogP contribution is -2.42. The average Bonchev–Trinajstić information content (AvgIpc) is 2.84. The van der Waals surface area contributed by atoms with Gasteiger partial charge >= 0.3 is 0 Å². The lowest BCUT2D eigenvalue weighted by Gasteiger charge is -2.32. The molecule has 120 valence electrons. The molecule has 1 saturated heterocycles. The second-order valence-corrected chi connectivity index (χ2v) is 9.04. The van der Waals surface area contributed by atoms with Crippen LogP contribution in [0.4, 0.5) is 0 Å². The van der Waals surface area contributed by atoms with Crippen LogP contribution in [0, 0.1) is 12.8 Å². The smallest absolute Gasteiger partial charge is 0.244 e. The molecule has 0 amide bonds. The first-order valence-corrected chi connectivity index (χ1v) is 9.92. The van der Waals surface area contributed by atoms with E-state index in [1.165, 1.54) is 0 Å². The Morgan fingerprint density at radius 2 is 2.14 bits per heavy atom. The predicted molar refractivity (Wildman–Crippen MR) is 92.0 cm³/mol. The van der Waals surface area contributed by atoms with Crippen molar-refractivity contribution < 1.29 is 8.42 Å². The highest BCUT2D eigenvalue weighted by atomic mass is 32.2. The summed E-state index contributed by atoms with van der Waals surface area (Å²) >= 11 is 1.56. The summed E-state index contributed by atoms with van der Waals surface area (Å²) in [6.45, 7) is 4.03. The van der Waals surface area contributed by atoms with E-state index in [0.29, 0.717) is 23.9 Å². The van der Waals surface area contributed by atoms with Crippen molar-refractivity contribution in [1.29, 1.82) is 0 Å². The van der Waals surface area contributed by atoms with E-state index in [0.717, 1.165) is 34.3 Å². The third-order valence-electron chi connectivity index (χ3n) is 4.29. The van der Waals surface area contributed by atoms with E-state index >= 15 is 0 Å². The molecule has 0 aliphatic carbocycles. The zero-order valence-electron chi connectivity index (χ0n) is 13.0. The summed E-state index contributed by atoms with van der Waals surface area (Å²) in [5.74, 6) is 0.402. The summed E-state index contributed by atoms with van der Waals surface area (Å²) in [6, 6.07) is 7.78. The first-order chi connectivity index (χ1) is 10.5. The molecule has 1 fully saturated rings. The van der Waals surface area contributed by atoms with Gasteiger partial charge in [-0.1, -0.05) is 18.2 Å². The van der Waals surface area contributed by atoms with Crippen molar-refractivity contribution in [3.05, 3.63) is 29.1 Å². The van der Waals surface area contributed by atoms with Gasteiger partial charge in [0.1, 0.15) is 4.90 Å². The summed E-state index contributed by atoms with van der Waals surface area (Å²) in [4.78, 5) is 1.40. The fourth-order valence-electron chi connectivity index (χ4n) is 3.29. The lowest BCUT2D eigenvalue weighted by atomic mass is 10.00. The van der Waals surface area contributed by atoms with Crippen molar-refractivity contribution in [3.63, 3.8) is 0 Å². The topological polar surface area (TPSA) is 49.4 Å². The number of hydrogen-bond acceptors (Lipinski definition) is 4. The molecule has 1 N–H and O–H groups in total. The number of benzene rings is 1. The quantitative estimate of drug-likeness (QED) is 0.932. The first-order valence-electron chi connectivity index (χ1n) is 7.67. The maximum absolute atomic E-state index is 13.1. The molecule has 3 rings (SSSR count). The van der Waals surface area contributed by atoms with Crippen LogP contribution in [0.1, 0.15) is 17.7 Å². The van der Waals surface area contributed by atoms with Crippen LogP contribution in [0.25, 0.3) is 10.1 Å². The van der Waals surface area contributed by atoms with Gasteiger partial charge in [-0.15, -0.1) is 11.3 Å². The molecule has 0 radical (unpaired) electrons. The molecule has 0 unspecified atom stereocenters. The standard InChI is InChI=1S/C16H22N2O2S2/c1-12-16(14-7-3-4-8-15(14)21-12)22(19,20)18-9-5-6-13(11-18)10-17-2/h3-4,7-8,13,17H,5-6,9-11H2,1-2H3/t13-/m0/s1. The summed E-state index contributed by atoms with van der Waals surface area (Å²) in [5, 5.41) is 4.03. The summed E-state index contributed by atoms with van der Waals surface area (Å²) in [7, 11) is -1.49. The number of piperidine rings is 1. The number of rotatable bonds is 4. The van der Waals surface area contributed by atoms with Crippen molar-refractivity contribution in [2.45, 2.75) is 24.7 Å². The fraction of sp³-hybridized carbons (Fsp3) is 0.500. The van der Waals surface area contributed by atoms with E-state index in [1.807, 2.05) is 38.2 Å². The van der Waals surface area contributed by atoms with E-state index in [4.69, 9.17) is 0 Å². The molecule has 1 atom stereocenters. The lowest BCUT2D eigenvalue weighted by molar-refractivity contribution is 0.263. The number of aryl methyl sites for hydroxylation is 1. The number of hydrogen-bond donors (Lipinski definition) is 1.